The first-order chi connectivity index (χ1) is 28.6. The van der Waals surface area contributed by atoms with Crippen LogP contribution in [0.25, 0.3) is 106 Å². The van der Waals surface area contributed by atoms with Gasteiger partial charge in [0.25, 0.3) is 0 Å². The molecule has 0 aliphatic rings. The fourth-order valence-corrected chi connectivity index (χ4v) is 11.6. The van der Waals surface area contributed by atoms with Crippen LogP contribution < -0.4 is 0 Å². The average molecular weight is 772 g/mol. The van der Waals surface area contributed by atoms with Crippen LogP contribution in [0.4, 0.5) is 0 Å². The quantitative estimate of drug-likeness (QED) is 0.179. The van der Waals surface area contributed by atoms with Crippen molar-refractivity contribution in [3.63, 3.8) is 0 Å². The van der Waals surface area contributed by atoms with Gasteiger partial charge in [0, 0.05) is 58.1 Å². The van der Waals surface area contributed by atoms with Crippen molar-refractivity contribution in [2.24, 2.45) is 0 Å². The molecule has 0 atom stereocenters. The summed E-state index contributed by atoms with van der Waals surface area (Å²) in [4.78, 5) is 0. The summed E-state index contributed by atoms with van der Waals surface area (Å²) in [7, 11) is 0. The monoisotopic (exact) mass is 771 g/mol. The lowest BCUT2D eigenvalue weighted by Crippen LogP contribution is -2.04. The number of aromatic nitrogens is 2. The summed E-state index contributed by atoms with van der Waals surface area (Å²) in [6, 6.07) is 59.4. The number of benzene rings is 8. The third kappa shape index (κ3) is 4.42. The van der Waals surface area contributed by atoms with E-state index < -0.39 is 0 Å². The second-order valence-electron chi connectivity index (χ2n) is 14.6. The Labute approximate surface area is 338 Å². The van der Waals surface area contributed by atoms with E-state index in [0.717, 1.165) is 75.5 Å². The minimum atomic E-state index is 0.392. The topological polar surface area (TPSA) is 81.2 Å². The van der Waals surface area contributed by atoms with Crippen molar-refractivity contribution < 1.29 is 0 Å². The Kier molecular flexibility index (Phi) is 6.80. The van der Waals surface area contributed by atoms with Gasteiger partial charge in [0.2, 0.25) is 0 Å². The molecule has 8 aromatic carbocycles. The summed E-state index contributed by atoms with van der Waals surface area (Å²) in [5.41, 5.74) is 8.43. The zero-order valence-electron chi connectivity index (χ0n) is 30.5. The van der Waals surface area contributed by atoms with Crippen LogP contribution in [0, 0.1) is 34.0 Å². The Morgan fingerprint density at radius 1 is 0.397 bits per heavy atom. The summed E-state index contributed by atoms with van der Waals surface area (Å²) in [5, 5.41) is 40.9. The van der Waals surface area contributed by atoms with Crippen molar-refractivity contribution in [3.8, 4) is 40.7 Å². The highest BCUT2D eigenvalue weighted by Gasteiger charge is 2.25. The van der Waals surface area contributed by atoms with Crippen LogP contribution >= 0.6 is 22.7 Å². The zero-order chi connectivity index (χ0) is 38.6. The molecule has 12 aromatic rings. The van der Waals surface area contributed by atoms with Crippen LogP contribution in [0.15, 0.2) is 152 Å². The van der Waals surface area contributed by atoms with Gasteiger partial charge >= 0.3 is 0 Å². The summed E-state index contributed by atoms with van der Waals surface area (Å²) in [6.07, 6.45) is 0. The van der Waals surface area contributed by atoms with E-state index in [4.69, 9.17) is 0 Å². The van der Waals surface area contributed by atoms with Gasteiger partial charge in [-0.25, -0.2) is 0 Å². The Bertz CT molecular complexity index is 3880. The molecule has 58 heavy (non-hydrogen) atoms. The van der Waals surface area contributed by atoms with Gasteiger partial charge in [-0.2, -0.15) is 15.8 Å². The number of para-hydroxylation sites is 2. The lowest BCUT2D eigenvalue weighted by Gasteiger charge is -2.19. The van der Waals surface area contributed by atoms with Gasteiger partial charge in [-0.05, 0) is 60.2 Å². The molecule has 0 radical (unpaired) electrons. The largest absolute Gasteiger partial charge is 0.307 e. The number of thiophene rings is 2. The fraction of sp³-hybridized carbons (Fsp3) is 0. The minimum absolute atomic E-state index is 0.392. The van der Waals surface area contributed by atoms with Crippen molar-refractivity contribution in [2.45, 2.75) is 0 Å². The Hall–Kier alpha value is -7.73. The van der Waals surface area contributed by atoms with Gasteiger partial charge in [-0.3, -0.25) is 0 Å². The molecule has 7 heteroatoms. The van der Waals surface area contributed by atoms with Crippen LogP contribution in [0.5, 0.6) is 0 Å². The van der Waals surface area contributed by atoms with E-state index in [1.54, 1.807) is 28.7 Å². The highest BCUT2D eigenvalue weighted by molar-refractivity contribution is 7.27. The van der Waals surface area contributed by atoms with E-state index >= 15 is 0 Å². The van der Waals surface area contributed by atoms with E-state index in [1.165, 1.54) is 30.9 Å². The van der Waals surface area contributed by atoms with Crippen LogP contribution in [0.1, 0.15) is 16.7 Å². The van der Waals surface area contributed by atoms with E-state index in [9.17, 15) is 15.8 Å². The summed E-state index contributed by atoms with van der Waals surface area (Å²) < 4.78 is 9.26. The predicted octanol–water partition coefficient (Wildman–Crippen LogP) is 13.9. The molecule has 5 nitrogen and oxygen atoms in total. The molecule has 266 valence electrons. The highest BCUT2D eigenvalue weighted by atomic mass is 32.1. The summed E-state index contributed by atoms with van der Waals surface area (Å²) >= 11 is 3.54. The van der Waals surface area contributed by atoms with Gasteiger partial charge in [0.05, 0.1) is 71.7 Å². The molecule has 0 unspecified atom stereocenters. The number of nitriles is 3. The molecule has 4 aromatic heterocycles. The second kappa shape index (κ2) is 12.1. The molecule has 0 N–H and O–H groups in total. The Balaban J connectivity index is 1.28. The van der Waals surface area contributed by atoms with Crippen LogP contribution in [0.2, 0.25) is 0 Å². The maximum atomic E-state index is 11.3. The molecule has 0 bridgehead atoms. The molecule has 12 rings (SSSR count). The van der Waals surface area contributed by atoms with E-state index in [2.05, 4.69) is 149 Å². The first-order valence-corrected chi connectivity index (χ1v) is 20.5. The molecule has 0 saturated heterocycles. The molecular weight excluding hydrogens is 747 g/mol. The molecule has 0 spiro atoms. The average Bonchev–Trinajstić information content (AvgIpc) is 4.03. The van der Waals surface area contributed by atoms with Crippen LogP contribution in [0.3, 0.4) is 0 Å². The number of rotatable bonds is 3. The third-order valence-electron chi connectivity index (χ3n) is 11.6. The smallest absolute Gasteiger partial charge is 0.101 e. The standard InChI is InChI=1S/C51H25N5S2/c52-26-29-21-30(27-53)23-31(22-29)41-25-44(55-42-13-5-1-9-33(42)37-17-19-39-35-11-3-7-15-46(35)57-50(39)48(37)55)32(28-54)24-45(41)56-43-14-6-2-10-34(43)38-18-20-40-36-12-4-8-16-47(36)58-51(40)49(38)56/h1-25H. The van der Waals surface area contributed by atoms with Gasteiger partial charge in [0.1, 0.15) is 6.07 Å². The van der Waals surface area contributed by atoms with Crippen molar-refractivity contribution in [3.05, 3.63) is 168 Å². The zero-order valence-corrected chi connectivity index (χ0v) is 32.1. The number of hydrogen-bond acceptors (Lipinski definition) is 5. The lowest BCUT2D eigenvalue weighted by molar-refractivity contribution is 1.14. The van der Waals surface area contributed by atoms with Gasteiger partial charge in [-0.15, -0.1) is 22.7 Å². The van der Waals surface area contributed by atoms with Crippen molar-refractivity contribution in [1.82, 2.24) is 9.13 Å². The summed E-state index contributed by atoms with van der Waals surface area (Å²) in [5.74, 6) is 0. The van der Waals surface area contributed by atoms with E-state index in [0.29, 0.717) is 16.7 Å². The maximum absolute atomic E-state index is 11.3. The van der Waals surface area contributed by atoms with Gasteiger partial charge < -0.3 is 9.13 Å². The molecule has 0 saturated carbocycles. The third-order valence-corrected chi connectivity index (χ3v) is 14.0. The molecule has 0 amide bonds. The second-order valence-corrected chi connectivity index (χ2v) is 16.7. The van der Waals surface area contributed by atoms with Crippen molar-refractivity contribution >= 4 is 107 Å². The number of hydrogen-bond donors (Lipinski definition) is 0. The lowest BCUT2D eigenvalue weighted by atomic mass is 9.96. The molecule has 0 aliphatic heterocycles. The SMILES string of the molecule is N#Cc1cc(C#N)cc(-c2cc(-n3c4ccccc4c4ccc5c6ccccc6sc5c43)c(C#N)cc2-n2c3ccccc3c3ccc4c5ccccc5sc4c32)c1. The minimum Gasteiger partial charge on any atom is -0.307 e. The van der Waals surface area contributed by atoms with Crippen LogP contribution in [-0.2, 0) is 0 Å². The number of fused-ring (bicyclic) bond motifs is 14. The van der Waals surface area contributed by atoms with E-state index in [1.807, 2.05) is 24.3 Å². The Morgan fingerprint density at radius 3 is 1.38 bits per heavy atom. The molecule has 0 fully saturated rings. The molecular formula is C51H25N5S2. The fourth-order valence-electron chi connectivity index (χ4n) is 9.14. The molecule has 0 aliphatic carbocycles. The number of nitrogens with zero attached hydrogens (tertiary/aromatic N) is 5. The van der Waals surface area contributed by atoms with Crippen molar-refractivity contribution in [2.75, 3.05) is 0 Å². The van der Waals surface area contributed by atoms with Crippen molar-refractivity contribution in [1.29, 1.82) is 15.8 Å². The first kappa shape index (κ1) is 32.5. The van der Waals surface area contributed by atoms with Gasteiger partial charge in [-0.1, -0.05) is 97.1 Å². The highest BCUT2D eigenvalue weighted by Crippen LogP contribution is 2.47. The Morgan fingerprint density at radius 2 is 0.862 bits per heavy atom. The predicted molar refractivity (Wildman–Crippen MR) is 240 cm³/mol. The van der Waals surface area contributed by atoms with Crippen LogP contribution in [-0.4, -0.2) is 9.13 Å². The normalized spacial score (nSPS) is 11.7. The van der Waals surface area contributed by atoms with E-state index in [-0.39, 0.29) is 0 Å². The molecule has 4 heterocycles. The first-order valence-electron chi connectivity index (χ1n) is 18.8. The maximum Gasteiger partial charge on any atom is 0.101 e. The van der Waals surface area contributed by atoms with Gasteiger partial charge in [0.15, 0.2) is 0 Å². The summed E-state index contributed by atoms with van der Waals surface area (Å²) in [6.45, 7) is 0.